The fourth-order valence-corrected chi connectivity index (χ4v) is 2.68. The lowest BCUT2D eigenvalue weighted by atomic mass is 10.0. The number of benzene rings is 1. The third-order valence-corrected chi connectivity index (χ3v) is 3.99. The average molecular weight is 401 g/mol. The minimum atomic E-state index is -0.480. The summed E-state index contributed by atoms with van der Waals surface area (Å²) in [6, 6.07) is 4.19. The number of rotatable bonds is 8. The summed E-state index contributed by atoms with van der Waals surface area (Å²) in [6.45, 7) is 4.07. The van der Waals surface area contributed by atoms with Gasteiger partial charge in [0.2, 0.25) is 11.7 Å². The molecule has 0 fully saturated rings. The van der Waals surface area contributed by atoms with Crippen molar-refractivity contribution in [2.45, 2.75) is 26.3 Å². The standard InChI is InChI=1S/C18H23N7O4/c1-10(2)5-14(17-23-16(25-29-17)15-19-9-20-24-15)22-18(26)21-11-6-12(27-3)8-13(7-11)28-4/h6-10,14H,5H2,1-4H3,(H,19,20,24)(H2,21,22,26)/t14-/m1/s1. The molecule has 0 saturated carbocycles. The van der Waals surface area contributed by atoms with Crippen molar-refractivity contribution >= 4 is 11.7 Å². The van der Waals surface area contributed by atoms with Gasteiger partial charge in [-0.05, 0) is 12.3 Å². The van der Waals surface area contributed by atoms with E-state index in [1.807, 2.05) is 13.8 Å². The van der Waals surface area contributed by atoms with Gasteiger partial charge in [0.05, 0.1) is 14.2 Å². The van der Waals surface area contributed by atoms with Gasteiger partial charge in [-0.1, -0.05) is 19.0 Å². The molecule has 29 heavy (non-hydrogen) atoms. The molecule has 1 atom stereocenters. The van der Waals surface area contributed by atoms with E-state index in [4.69, 9.17) is 14.0 Å². The number of hydrogen-bond donors (Lipinski definition) is 3. The maximum atomic E-state index is 12.6. The van der Waals surface area contributed by atoms with Gasteiger partial charge in [-0.25, -0.2) is 9.78 Å². The van der Waals surface area contributed by atoms with E-state index in [1.165, 1.54) is 6.33 Å². The Morgan fingerprint density at radius 2 is 1.93 bits per heavy atom. The monoisotopic (exact) mass is 401 g/mol. The Bertz CT molecular complexity index is 917. The molecule has 0 aliphatic carbocycles. The third-order valence-electron chi connectivity index (χ3n) is 3.99. The molecule has 154 valence electrons. The Kier molecular flexibility index (Phi) is 6.27. The number of aromatic amines is 1. The lowest BCUT2D eigenvalue weighted by Crippen LogP contribution is -2.33. The molecule has 11 nitrogen and oxygen atoms in total. The molecule has 0 unspecified atom stereocenters. The van der Waals surface area contributed by atoms with Crippen molar-refractivity contribution in [2.24, 2.45) is 5.92 Å². The molecule has 2 amide bonds. The smallest absolute Gasteiger partial charge is 0.319 e. The highest BCUT2D eigenvalue weighted by atomic mass is 16.5. The second kappa shape index (κ2) is 9.04. The molecule has 11 heteroatoms. The number of aromatic nitrogens is 5. The van der Waals surface area contributed by atoms with Gasteiger partial charge in [0.25, 0.3) is 0 Å². The van der Waals surface area contributed by atoms with E-state index in [0.717, 1.165) is 0 Å². The third kappa shape index (κ3) is 5.21. The summed E-state index contributed by atoms with van der Waals surface area (Å²) in [5.41, 5.74) is 0.523. The van der Waals surface area contributed by atoms with Crippen molar-refractivity contribution in [1.82, 2.24) is 30.6 Å². The first kappa shape index (κ1) is 20.1. The van der Waals surface area contributed by atoms with E-state index in [9.17, 15) is 4.79 Å². The van der Waals surface area contributed by atoms with Gasteiger partial charge >= 0.3 is 6.03 Å². The SMILES string of the molecule is COc1cc(NC(=O)N[C@H](CC(C)C)c2nc(-c3ncn[nH]3)no2)cc(OC)c1. The number of ether oxygens (including phenoxy) is 2. The van der Waals surface area contributed by atoms with Crippen LogP contribution < -0.4 is 20.1 Å². The van der Waals surface area contributed by atoms with Crippen molar-refractivity contribution < 1.29 is 18.8 Å². The Balaban J connectivity index is 1.74. The maximum absolute atomic E-state index is 12.6. The zero-order valence-electron chi connectivity index (χ0n) is 16.6. The lowest BCUT2D eigenvalue weighted by molar-refractivity contribution is 0.240. The van der Waals surface area contributed by atoms with Gasteiger partial charge in [0.15, 0.2) is 5.82 Å². The number of amides is 2. The van der Waals surface area contributed by atoms with Crippen LogP contribution in [0.4, 0.5) is 10.5 Å². The normalized spacial score (nSPS) is 11.9. The van der Waals surface area contributed by atoms with E-state index < -0.39 is 12.1 Å². The first-order valence-corrected chi connectivity index (χ1v) is 8.98. The molecule has 0 aliphatic heterocycles. The molecule has 2 aromatic heterocycles. The highest BCUT2D eigenvalue weighted by molar-refractivity contribution is 5.90. The second-order valence-electron chi connectivity index (χ2n) is 6.67. The van der Waals surface area contributed by atoms with Crippen molar-refractivity contribution in [3.63, 3.8) is 0 Å². The number of urea groups is 1. The average Bonchev–Trinajstić information content (AvgIpc) is 3.38. The van der Waals surface area contributed by atoms with E-state index in [1.54, 1.807) is 32.4 Å². The topological polar surface area (TPSA) is 140 Å². The molecule has 0 spiro atoms. The summed E-state index contributed by atoms with van der Waals surface area (Å²) in [5.74, 6) is 2.34. The van der Waals surface area contributed by atoms with Gasteiger partial charge in [-0.3, -0.25) is 5.10 Å². The van der Waals surface area contributed by atoms with Crippen molar-refractivity contribution in [2.75, 3.05) is 19.5 Å². The minimum Gasteiger partial charge on any atom is -0.497 e. The van der Waals surface area contributed by atoms with Gasteiger partial charge in [-0.2, -0.15) is 10.1 Å². The van der Waals surface area contributed by atoms with Crippen molar-refractivity contribution in [1.29, 1.82) is 0 Å². The summed E-state index contributed by atoms with van der Waals surface area (Å²) in [7, 11) is 3.08. The van der Waals surface area contributed by atoms with E-state index in [0.29, 0.717) is 29.4 Å². The molecule has 1 aromatic carbocycles. The van der Waals surface area contributed by atoms with Crippen LogP contribution in [0, 0.1) is 5.92 Å². The molecular formula is C18H23N7O4. The minimum absolute atomic E-state index is 0.269. The van der Waals surface area contributed by atoms with Gasteiger partial charge in [0.1, 0.15) is 23.9 Å². The zero-order valence-corrected chi connectivity index (χ0v) is 16.6. The van der Waals surface area contributed by atoms with Crippen LogP contribution in [0.15, 0.2) is 29.0 Å². The highest BCUT2D eigenvalue weighted by Crippen LogP contribution is 2.26. The predicted molar refractivity (Wildman–Crippen MR) is 104 cm³/mol. The molecule has 0 radical (unpaired) electrons. The quantitative estimate of drug-likeness (QED) is 0.523. The van der Waals surface area contributed by atoms with Gasteiger partial charge in [-0.15, -0.1) is 0 Å². The first-order chi connectivity index (χ1) is 14.0. The summed E-state index contributed by atoms with van der Waals surface area (Å²) < 4.78 is 15.8. The van der Waals surface area contributed by atoms with Gasteiger partial charge < -0.3 is 24.6 Å². The number of H-pyrrole nitrogens is 1. The summed E-state index contributed by atoms with van der Waals surface area (Å²) >= 11 is 0. The number of methoxy groups -OCH3 is 2. The van der Waals surface area contributed by atoms with Crippen LogP contribution in [0.1, 0.15) is 32.2 Å². The van der Waals surface area contributed by atoms with Gasteiger partial charge in [0, 0.05) is 23.9 Å². The number of carbonyl (C=O) groups is 1. The zero-order chi connectivity index (χ0) is 20.8. The largest absolute Gasteiger partial charge is 0.497 e. The molecule has 0 saturated heterocycles. The number of nitrogens with one attached hydrogen (secondary N) is 3. The van der Waals surface area contributed by atoms with Crippen LogP contribution in [-0.2, 0) is 0 Å². The van der Waals surface area contributed by atoms with E-state index >= 15 is 0 Å². The predicted octanol–water partition coefficient (Wildman–Crippen LogP) is 2.78. The molecule has 0 bridgehead atoms. The van der Waals surface area contributed by atoms with E-state index in [-0.39, 0.29) is 17.6 Å². The fraction of sp³-hybridized carbons (Fsp3) is 0.389. The Hall–Kier alpha value is -3.63. The fourth-order valence-electron chi connectivity index (χ4n) is 2.68. The Morgan fingerprint density at radius 3 is 2.52 bits per heavy atom. The number of hydrogen-bond acceptors (Lipinski definition) is 8. The van der Waals surface area contributed by atoms with Crippen LogP contribution in [0.3, 0.4) is 0 Å². The summed E-state index contributed by atoms with van der Waals surface area (Å²) in [6.07, 6.45) is 1.96. The summed E-state index contributed by atoms with van der Waals surface area (Å²) in [4.78, 5) is 20.9. The maximum Gasteiger partial charge on any atom is 0.319 e. The molecular weight excluding hydrogens is 378 g/mol. The molecule has 3 N–H and O–H groups in total. The molecule has 3 aromatic rings. The Morgan fingerprint density at radius 1 is 1.21 bits per heavy atom. The Labute approximate surface area is 167 Å². The van der Waals surface area contributed by atoms with E-state index in [2.05, 4.69) is 36.0 Å². The van der Waals surface area contributed by atoms with Crippen LogP contribution in [0.5, 0.6) is 11.5 Å². The second-order valence-corrected chi connectivity index (χ2v) is 6.67. The summed E-state index contributed by atoms with van der Waals surface area (Å²) in [5, 5.41) is 16.0. The lowest BCUT2D eigenvalue weighted by Gasteiger charge is -2.18. The molecule has 0 aliphatic rings. The molecule has 2 heterocycles. The van der Waals surface area contributed by atoms with Crippen molar-refractivity contribution in [3.05, 3.63) is 30.4 Å². The number of anilines is 1. The molecule has 3 rings (SSSR count). The first-order valence-electron chi connectivity index (χ1n) is 8.98. The van der Waals surface area contributed by atoms with Crippen LogP contribution in [0.2, 0.25) is 0 Å². The van der Waals surface area contributed by atoms with Crippen LogP contribution in [-0.4, -0.2) is 45.6 Å². The number of nitrogens with zero attached hydrogens (tertiary/aromatic N) is 4. The van der Waals surface area contributed by atoms with Crippen LogP contribution in [0.25, 0.3) is 11.6 Å². The van der Waals surface area contributed by atoms with Crippen molar-refractivity contribution in [3.8, 4) is 23.1 Å². The number of carbonyl (C=O) groups excluding carboxylic acids is 1. The highest BCUT2D eigenvalue weighted by Gasteiger charge is 2.23. The van der Waals surface area contributed by atoms with Crippen LogP contribution >= 0.6 is 0 Å².